The normalized spacial score (nSPS) is 14.6. The summed E-state index contributed by atoms with van der Waals surface area (Å²) in [5.74, 6) is 0.945. The van der Waals surface area contributed by atoms with E-state index in [1.165, 1.54) is 17.8 Å². The molecule has 0 saturated heterocycles. The first kappa shape index (κ1) is 14.5. The highest BCUT2D eigenvalue weighted by Crippen LogP contribution is 2.27. The van der Waals surface area contributed by atoms with Crippen molar-refractivity contribution in [1.82, 2.24) is 15.6 Å². The Morgan fingerprint density at radius 1 is 1.47 bits per heavy atom. The van der Waals surface area contributed by atoms with E-state index in [9.17, 15) is 4.79 Å². The summed E-state index contributed by atoms with van der Waals surface area (Å²) in [4.78, 5) is 15.9. The van der Waals surface area contributed by atoms with Crippen LogP contribution in [0.25, 0.3) is 0 Å². The molecule has 1 amide bonds. The first-order valence-corrected chi connectivity index (χ1v) is 8.00. The Bertz CT molecular complexity index is 401. The molecule has 0 spiro atoms. The molecule has 19 heavy (non-hydrogen) atoms. The molecule has 1 aromatic heterocycles. The molecular formula is C14H23N3OS. The monoisotopic (exact) mass is 281 g/mol. The molecule has 5 heteroatoms. The number of aryl methyl sites for hydroxylation is 2. The average Bonchev–Trinajstić information content (AvgIpc) is 3.11. The first-order chi connectivity index (χ1) is 9.24. The molecule has 1 aromatic rings. The van der Waals surface area contributed by atoms with E-state index in [0.29, 0.717) is 6.54 Å². The SMILES string of the molecule is Cc1csc(CCCCNC(=O)CNCC2CC2)n1. The minimum Gasteiger partial charge on any atom is -0.355 e. The lowest BCUT2D eigenvalue weighted by atomic mass is 10.2. The van der Waals surface area contributed by atoms with Crippen LogP contribution in [0.15, 0.2) is 5.38 Å². The number of carbonyl (C=O) groups excluding carboxylic acids is 1. The molecule has 1 fully saturated rings. The third kappa shape index (κ3) is 6.16. The zero-order valence-corrected chi connectivity index (χ0v) is 12.4. The van der Waals surface area contributed by atoms with Crippen molar-refractivity contribution in [2.75, 3.05) is 19.6 Å². The first-order valence-electron chi connectivity index (χ1n) is 7.12. The second kappa shape index (κ2) is 7.60. The van der Waals surface area contributed by atoms with Crippen molar-refractivity contribution in [2.24, 2.45) is 5.92 Å². The topological polar surface area (TPSA) is 54.0 Å². The fourth-order valence-corrected chi connectivity index (χ4v) is 2.74. The molecule has 1 aliphatic carbocycles. The van der Waals surface area contributed by atoms with E-state index < -0.39 is 0 Å². The van der Waals surface area contributed by atoms with Crippen molar-refractivity contribution < 1.29 is 4.79 Å². The van der Waals surface area contributed by atoms with Crippen molar-refractivity contribution >= 4 is 17.2 Å². The summed E-state index contributed by atoms with van der Waals surface area (Å²) in [6.45, 7) is 4.25. The summed E-state index contributed by atoms with van der Waals surface area (Å²) in [6, 6.07) is 0. The zero-order valence-electron chi connectivity index (χ0n) is 11.6. The van der Waals surface area contributed by atoms with E-state index in [2.05, 4.69) is 21.0 Å². The smallest absolute Gasteiger partial charge is 0.233 e. The van der Waals surface area contributed by atoms with E-state index in [4.69, 9.17) is 0 Å². The van der Waals surface area contributed by atoms with Gasteiger partial charge in [-0.15, -0.1) is 11.3 Å². The quantitative estimate of drug-likeness (QED) is 0.680. The van der Waals surface area contributed by atoms with Gasteiger partial charge in [0.05, 0.1) is 11.6 Å². The number of rotatable bonds is 9. The Labute approximate surface area is 119 Å². The highest BCUT2D eigenvalue weighted by Gasteiger charge is 2.20. The van der Waals surface area contributed by atoms with Crippen molar-refractivity contribution in [3.8, 4) is 0 Å². The third-order valence-electron chi connectivity index (χ3n) is 3.22. The van der Waals surface area contributed by atoms with Gasteiger partial charge in [0.2, 0.25) is 5.91 Å². The van der Waals surface area contributed by atoms with Crippen LogP contribution in [0.5, 0.6) is 0 Å². The number of amides is 1. The lowest BCUT2D eigenvalue weighted by Crippen LogP contribution is -2.35. The van der Waals surface area contributed by atoms with E-state index in [1.54, 1.807) is 11.3 Å². The number of aromatic nitrogens is 1. The Hall–Kier alpha value is -0.940. The molecule has 4 nitrogen and oxygen atoms in total. The molecule has 0 atom stereocenters. The summed E-state index contributed by atoms with van der Waals surface area (Å²) >= 11 is 1.73. The van der Waals surface area contributed by atoms with Crippen molar-refractivity contribution in [3.05, 3.63) is 16.1 Å². The summed E-state index contributed by atoms with van der Waals surface area (Å²) in [5.41, 5.74) is 1.11. The Kier molecular flexibility index (Phi) is 5.79. The van der Waals surface area contributed by atoms with Gasteiger partial charge in [0, 0.05) is 17.6 Å². The van der Waals surface area contributed by atoms with Gasteiger partial charge in [-0.05, 0) is 51.5 Å². The minimum absolute atomic E-state index is 0.116. The van der Waals surface area contributed by atoms with Gasteiger partial charge in [0.15, 0.2) is 0 Å². The number of nitrogens with one attached hydrogen (secondary N) is 2. The molecule has 0 bridgehead atoms. The number of hydrogen-bond acceptors (Lipinski definition) is 4. The summed E-state index contributed by atoms with van der Waals surface area (Å²) < 4.78 is 0. The van der Waals surface area contributed by atoms with Crippen LogP contribution in [0, 0.1) is 12.8 Å². The summed E-state index contributed by atoms with van der Waals surface area (Å²) in [7, 11) is 0. The van der Waals surface area contributed by atoms with Gasteiger partial charge in [0.25, 0.3) is 0 Å². The molecule has 2 N–H and O–H groups in total. The molecule has 0 aliphatic heterocycles. The van der Waals surface area contributed by atoms with E-state index >= 15 is 0 Å². The second-order valence-electron chi connectivity index (χ2n) is 5.26. The minimum atomic E-state index is 0.116. The zero-order chi connectivity index (χ0) is 13.5. The van der Waals surface area contributed by atoms with Crippen LogP contribution in [0.4, 0.5) is 0 Å². The average molecular weight is 281 g/mol. The lowest BCUT2D eigenvalue weighted by molar-refractivity contribution is -0.120. The van der Waals surface area contributed by atoms with Gasteiger partial charge in [0.1, 0.15) is 0 Å². The van der Waals surface area contributed by atoms with Gasteiger partial charge < -0.3 is 10.6 Å². The summed E-state index contributed by atoms with van der Waals surface area (Å²) in [6.07, 6.45) is 5.78. The Morgan fingerprint density at radius 2 is 2.32 bits per heavy atom. The van der Waals surface area contributed by atoms with Crippen LogP contribution in [-0.2, 0) is 11.2 Å². The van der Waals surface area contributed by atoms with Crippen LogP contribution in [0.1, 0.15) is 36.4 Å². The van der Waals surface area contributed by atoms with Gasteiger partial charge in [-0.1, -0.05) is 0 Å². The Balaban J connectivity index is 1.43. The number of thiazole rings is 1. The molecule has 0 unspecified atom stereocenters. The second-order valence-corrected chi connectivity index (χ2v) is 6.21. The maximum atomic E-state index is 11.5. The maximum absolute atomic E-state index is 11.5. The van der Waals surface area contributed by atoms with E-state index in [0.717, 1.165) is 44.0 Å². The van der Waals surface area contributed by atoms with Crippen LogP contribution >= 0.6 is 11.3 Å². The third-order valence-corrected chi connectivity index (χ3v) is 4.25. The van der Waals surface area contributed by atoms with E-state index in [-0.39, 0.29) is 5.91 Å². The van der Waals surface area contributed by atoms with Crippen molar-refractivity contribution in [2.45, 2.75) is 39.0 Å². The van der Waals surface area contributed by atoms with Gasteiger partial charge >= 0.3 is 0 Å². The molecule has 0 radical (unpaired) electrons. The van der Waals surface area contributed by atoms with Crippen LogP contribution in [-0.4, -0.2) is 30.5 Å². The number of carbonyl (C=O) groups is 1. The van der Waals surface area contributed by atoms with Gasteiger partial charge in [-0.3, -0.25) is 4.79 Å². The fraction of sp³-hybridized carbons (Fsp3) is 0.714. The highest BCUT2D eigenvalue weighted by atomic mass is 32.1. The predicted molar refractivity (Wildman–Crippen MR) is 78.4 cm³/mol. The molecule has 1 heterocycles. The Morgan fingerprint density at radius 3 is 3.00 bits per heavy atom. The molecule has 2 rings (SSSR count). The van der Waals surface area contributed by atoms with Crippen LogP contribution < -0.4 is 10.6 Å². The molecule has 1 saturated carbocycles. The molecule has 1 aliphatic rings. The standard InChI is InChI=1S/C14H23N3OS/c1-11-10-19-14(17-11)4-2-3-7-16-13(18)9-15-8-12-5-6-12/h10,12,15H,2-9H2,1H3,(H,16,18). The van der Waals surface area contributed by atoms with Crippen molar-refractivity contribution in [1.29, 1.82) is 0 Å². The highest BCUT2D eigenvalue weighted by molar-refractivity contribution is 7.09. The largest absolute Gasteiger partial charge is 0.355 e. The van der Waals surface area contributed by atoms with Crippen LogP contribution in [0.2, 0.25) is 0 Å². The summed E-state index contributed by atoms with van der Waals surface area (Å²) in [5, 5.41) is 9.44. The lowest BCUT2D eigenvalue weighted by Gasteiger charge is -2.05. The maximum Gasteiger partial charge on any atom is 0.233 e. The van der Waals surface area contributed by atoms with Gasteiger partial charge in [-0.25, -0.2) is 4.98 Å². The molecule has 0 aromatic carbocycles. The number of unbranched alkanes of at least 4 members (excludes halogenated alkanes) is 1. The van der Waals surface area contributed by atoms with Gasteiger partial charge in [-0.2, -0.15) is 0 Å². The number of nitrogens with zero attached hydrogens (tertiary/aromatic N) is 1. The molecule has 106 valence electrons. The predicted octanol–water partition coefficient (Wildman–Crippen LogP) is 1.89. The van der Waals surface area contributed by atoms with Crippen molar-refractivity contribution in [3.63, 3.8) is 0 Å². The number of hydrogen-bond donors (Lipinski definition) is 2. The fourth-order valence-electron chi connectivity index (χ4n) is 1.92. The molecular weight excluding hydrogens is 258 g/mol. The van der Waals surface area contributed by atoms with Crippen LogP contribution in [0.3, 0.4) is 0 Å². The van der Waals surface area contributed by atoms with E-state index in [1.807, 2.05) is 6.92 Å².